The van der Waals surface area contributed by atoms with Crippen LogP contribution in [0, 0.1) is 17.2 Å². The maximum Gasteiger partial charge on any atom is 0.303 e. The lowest BCUT2D eigenvalue weighted by molar-refractivity contribution is -0.137. The highest BCUT2D eigenvalue weighted by Gasteiger charge is 2.12. The molecule has 0 spiro atoms. The molecule has 0 aromatic heterocycles. The molecule has 1 atom stereocenters. The third-order valence-corrected chi connectivity index (χ3v) is 3.63. The summed E-state index contributed by atoms with van der Waals surface area (Å²) in [5.74, 6) is -1.19. The summed E-state index contributed by atoms with van der Waals surface area (Å²) in [6, 6.07) is 1.57. The number of rotatable bonds is 9. The van der Waals surface area contributed by atoms with E-state index in [1.165, 1.54) is 0 Å². The molecule has 0 aliphatic heterocycles. The molecule has 98 valence electrons. The van der Waals surface area contributed by atoms with Gasteiger partial charge >= 0.3 is 5.97 Å². The van der Waals surface area contributed by atoms with Crippen molar-refractivity contribution in [1.29, 1.82) is 5.26 Å². The summed E-state index contributed by atoms with van der Waals surface area (Å²) in [5, 5.41) is 16.8. The maximum atomic E-state index is 11.1. The Labute approximate surface area is 102 Å². The highest BCUT2D eigenvalue weighted by atomic mass is 32.2. The van der Waals surface area contributed by atoms with Crippen LogP contribution < -0.4 is 4.72 Å². The molecule has 0 fully saturated rings. The van der Waals surface area contributed by atoms with E-state index >= 15 is 0 Å². The van der Waals surface area contributed by atoms with Crippen molar-refractivity contribution in [2.24, 2.45) is 5.92 Å². The van der Waals surface area contributed by atoms with Crippen LogP contribution in [0.5, 0.6) is 0 Å². The van der Waals surface area contributed by atoms with Gasteiger partial charge in [-0.25, -0.2) is 13.1 Å². The van der Waals surface area contributed by atoms with Crippen molar-refractivity contribution >= 4 is 16.0 Å². The van der Waals surface area contributed by atoms with Crippen molar-refractivity contribution in [3.63, 3.8) is 0 Å². The second-order valence-electron chi connectivity index (χ2n) is 3.81. The summed E-state index contributed by atoms with van der Waals surface area (Å²) < 4.78 is 24.6. The molecule has 0 aliphatic rings. The van der Waals surface area contributed by atoms with E-state index in [1.54, 1.807) is 6.07 Å². The third-order valence-electron chi connectivity index (χ3n) is 2.47. The van der Waals surface area contributed by atoms with E-state index in [9.17, 15) is 13.2 Å². The highest BCUT2D eigenvalue weighted by molar-refractivity contribution is 7.89. The molecule has 2 N–H and O–H groups in total. The minimum atomic E-state index is -3.49. The number of carbonyl (C=O) groups is 1. The molecule has 6 nitrogen and oxygen atoms in total. The number of nitrogens with zero attached hydrogens (tertiary/aromatic N) is 1. The van der Waals surface area contributed by atoms with Gasteiger partial charge in [0.25, 0.3) is 0 Å². The summed E-state index contributed by atoms with van der Waals surface area (Å²) in [4.78, 5) is 10.4. The zero-order valence-corrected chi connectivity index (χ0v) is 10.7. The van der Waals surface area contributed by atoms with E-state index in [0.29, 0.717) is 12.8 Å². The van der Waals surface area contributed by atoms with Gasteiger partial charge in [-0.05, 0) is 18.8 Å². The predicted molar refractivity (Wildman–Crippen MR) is 62.7 cm³/mol. The van der Waals surface area contributed by atoms with Gasteiger partial charge < -0.3 is 5.11 Å². The van der Waals surface area contributed by atoms with Crippen molar-refractivity contribution in [2.75, 3.05) is 12.3 Å². The number of hydrogen-bond acceptors (Lipinski definition) is 4. The Bertz CT molecular complexity index is 372. The van der Waals surface area contributed by atoms with Crippen molar-refractivity contribution in [2.45, 2.75) is 32.6 Å². The van der Waals surface area contributed by atoms with E-state index in [4.69, 9.17) is 10.4 Å². The van der Waals surface area contributed by atoms with Crippen molar-refractivity contribution in [3.05, 3.63) is 0 Å². The zero-order valence-electron chi connectivity index (χ0n) is 9.85. The minimum Gasteiger partial charge on any atom is -0.481 e. The topological polar surface area (TPSA) is 107 Å². The molecule has 0 aromatic rings. The Morgan fingerprint density at radius 2 is 2.12 bits per heavy atom. The van der Waals surface area contributed by atoms with E-state index in [-0.39, 0.29) is 18.9 Å². The number of nitriles is 1. The second kappa shape index (κ2) is 8.03. The lowest BCUT2D eigenvalue weighted by atomic mass is 9.97. The maximum absolute atomic E-state index is 11.1. The number of carboxylic acid groups (broad SMARTS) is 1. The monoisotopic (exact) mass is 262 g/mol. The van der Waals surface area contributed by atoms with Crippen LogP contribution in [-0.2, 0) is 14.8 Å². The van der Waals surface area contributed by atoms with Gasteiger partial charge in [0.2, 0.25) is 10.0 Å². The Morgan fingerprint density at radius 1 is 1.47 bits per heavy atom. The normalized spacial score (nSPS) is 12.9. The van der Waals surface area contributed by atoms with Crippen molar-refractivity contribution in [1.82, 2.24) is 4.72 Å². The molecule has 17 heavy (non-hydrogen) atoms. The smallest absolute Gasteiger partial charge is 0.303 e. The Morgan fingerprint density at radius 3 is 2.59 bits per heavy atom. The number of sulfonamides is 1. The average Bonchev–Trinajstić information content (AvgIpc) is 2.22. The Kier molecular flexibility index (Phi) is 7.50. The standard InChI is InChI=1S/C10H18N2O4S/c1-2-9(3-4-10(13)14)5-7-12-17(15,16)8-6-11/h9,12H,2-5,7-8H2,1H3,(H,13,14). The van der Waals surface area contributed by atoms with Crippen LogP contribution >= 0.6 is 0 Å². The lowest BCUT2D eigenvalue weighted by Crippen LogP contribution is -2.28. The van der Waals surface area contributed by atoms with Gasteiger partial charge in [-0.1, -0.05) is 13.3 Å². The molecule has 0 radical (unpaired) electrons. The van der Waals surface area contributed by atoms with Crippen molar-refractivity contribution < 1.29 is 18.3 Å². The fourth-order valence-corrected chi connectivity index (χ4v) is 2.14. The Hall–Kier alpha value is -1.13. The minimum absolute atomic E-state index is 0.101. The first-order valence-corrected chi connectivity index (χ1v) is 7.12. The summed E-state index contributed by atoms with van der Waals surface area (Å²) in [5.41, 5.74) is 0. The molecule has 0 rings (SSSR count). The third kappa shape index (κ3) is 8.65. The van der Waals surface area contributed by atoms with Crippen molar-refractivity contribution in [3.8, 4) is 6.07 Å². The first kappa shape index (κ1) is 15.9. The molecule has 0 amide bonds. The molecule has 0 saturated carbocycles. The van der Waals surface area contributed by atoms with Crippen LogP contribution in [-0.4, -0.2) is 31.8 Å². The molecule has 1 unspecified atom stereocenters. The van der Waals surface area contributed by atoms with Crippen LogP contribution in [0.25, 0.3) is 0 Å². The molecular weight excluding hydrogens is 244 g/mol. The average molecular weight is 262 g/mol. The van der Waals surface area contributed by atoms with Gasteiger partial charge in [0.05, 0.1) is 6.07 Å². The number of hydrogen-bond donors (Lipinski definition) is 2. The van der Waals surface area contributed by atoms with Crippen LogP contribution in [0.3, 0.4) is 0 Å². The fraction of sp³-hybridized carbons (Fsp3) is 0.800. The summed E-state index contributed by atoms with van der Waals surface area (Å²) >= 11 is 0. The number of nitrogens with one attached hydrogen (secondary N) is 1. The van der Waals surface area contributed by atoms with E-state index in [0.717, 1.165) is 6.42 Å². The first-order chi connectivity index (χ1) is 7.91. The van der Waals surface area contributed by atoms with Gasteiger partial charge in [-0.2, -0.15) is 5.26 Å². The SMILES string of the molecule is CCC(CCNS(=O)(=O)CC#N)CCC(=O)O. The van der Waals surface area contributed by atoms with Gasteiger partial charge in [0, 0.05) is 13.0 Å². The van der Waals surface area contributed by atoms with Crippen LogP contribution in [0.1, 0.15) is 32.6 Å². The molecule has 0 bridgehead atoms. The molecule has 7 heteroatoms. The van der Waals surface area contributed by atoms with Crippen LogP contribution in [0.15, 0.2) is 0 Å². The fourth-order valence-electron chi connectivity index (χ4n) is 1.43. The molecule has 0 saturated heterocycles. The molecule has 0 aliphatic carbocycles. The van der Waals surface area contributed by atoms with Crippen LogP contribution in [0.2, 0.25) is 0 Å². The summed E-state index contributed by atoms with van der Waals surface area (Å²) in [6.07, 6.45) is 2.05. The summed E-state index contributed by atoms with van der Waals surface area (Å²) in [7, 11) is -3.49. The number of aliphatic carboxylic acids is 1. The quantitative estimate of drug-likeness (QED) is 0.636. The predicted octanol–water partition coefficient (Wildman–Crippen LogP) is 0.710. The molecular formula is C10H18N2O4S. The molecule has 0 aromatic carbocycles. The van der Waals surface area contributed by atoms with Crippen LogP contribution in [0.4, 0.5) is 0 Å². The van der Waals surface area contributed by atoms with Gasteiger partial charge in [-0.3, -0.25) is 4.79 Å². The second-order valence-corrected chi connectivity index (χ2v) is 5.61. The lowest BCUT2D eigenvalue weighted by Gasteiger charge is -2.13. The van der Waals surface area contributed by atoms with Gasteiger partial charge in [0.15, 0.2) is 5.75 Å². The van der Waals surface area contributed by atoms with E-state index in [2.05, 4.69) is 4.72 Å². The van der Waals surface area contributed by atoms with Gasteiger partial charge in [0.1, 0.15) is 0 Å². The zero-order chi connectivity index (χ0) is 13.3. The molecule has 0 heterocycles. The first-order valence-electron chi connectivity index (χ1n) is 5.47. The highest BCUT2D eigenvalue weighted by Crippen LogP contribution is 2.14. The number of carboxylic acids is 1. The van der Waals surface area contributed by atoms with Gasteiger partial charge in [-0.15, -0.1) is 0 Å². The van der Waals surface area contributed by atoms with E-state index in [1.807, 2.05) is 6.92 Å². The largest absolute Gasteiger partial charge is 0.481 e. The van der Waals surface area contributed by atoms with E-state index < -0.39 is 21.7 Å². The Balaban J connectivity index is 3.92. The summed E-state index contributed by atoms with van der Waals surface area (Å²) in [6.45, 7) is 2.19.